The molecule has 0 fully saturated rings. The second kappa shape index (κ2) is 5.25. The predicted octanol–water partition coefficient (Wildman–Crippen LogP) is 3.56. The van der Waals surface area contributed by atoms with Gasteiger partial charge in [0.1, 0.15) is 0 Å². The molecule has 1 heterocycles. The number of aryl methyl sites for hydroxylation is 2. The van der Waals surface area contributed by atoms with E-state index in [4.69, 9.17) is 0 Å². The second-order valence-electron chi connectivity index (χ2n) is 4.88. The lowest BCUT2D eigenvalue weighted by Crippen LogP contribution is -2.14. The number of hydrogen-bond acceptors (Lipinski definition) is 2. The van der Waals surface area contributed by atoms with Gasteiger partial charge >= 0.3 is 0 Å². The third kappa shape index (κ3) is 2.55. The molecule has 96 valence electrons. The zero-order valence-corrected chi connectivity index (χ0v) is 11.6. The quantitative estimate of drug-likeness (QED) is 0.889. The van der Waals surface area contributed by atoms with Crippen LogP contribution >= 0.6 is 0 Å². The largest absolute Gasteiger partial charge is 0.353 e. The first-order chi connectivity index (χ1) is 8.61. The smallest absolute Gasteiger partial charge is 0.207 e. The van der Waals surface area contributed by atoms with Crippen LogP contribution in [0.1, 0.15) is 31.9 Å². The predicted molar refractivity (Wildman–Crippen MR) is 76.4 cm³/mol. The van der Waals surface area contributed by atoms with Gasteiger partial charge in [-0.2, -0.15) is 0 Å². The van der Waals surface area contributed by atoms with E-state index in [1.54, 1.807) is 0 Å². The van der Waals surface area contributed by atoms with Crippen LogP contribution in [-0.4, -0.2) is 15.6 Å². The fourth-order valence-electron chi connectivity index (χ4n) is 2.10. The molecule has 0 radical (unpaired) electrons. The van der Waals surface area contributed by atoms with Crippen LogP contribution in [0.4, 0.5) is 5.95 Å². The molecule has 2 aromatic rings. The van der Waals surface area contributed by atoms with Crippen molar-refractivity contribution in [1.29, 1.82) is 0 Å². The molecule has 2 rings (SSSR count). The standard InChI is InChI=1S/C15H21N3/c1-5-13-6-7-14(10-12(13)4)18-9-8-16-15(18)17-11(2)3/h6-11H,5H2,1-4H3,(H,16,17). The molecule has 0 saturated carbocycles. The molecule has 0 saturated heterocycles. The van der Waals surface area contributed by atoms with E-state index in [1.807, 2.05) is 12.4 Å². The Morgan fingerprint density at radius 1 is 1.33 bits per heavy atom. The van der Waals surface area contributed by atoms with Crippen molar-refractivity contribution in [3.8, 4) is 5.69 Å². The summed E-state index contributed by atoms with van der Waals surface area (Å²) in [5.74, 6) is 0.897. The number of benzene rings is 1. The summed E-state index contributed by atoms with van der Waals surface area (Å²) in [5.41, 5.74) is 3.89. The molecule has 0 aliphatic rings. The topological polar surface area (TPSA) is 29.9 Å². The van der Waals surface area contributed by atoms with E-state index in [1.165, 1.54) is 11.1 Å². The van der Waals surface area contributed by atoms with Crippen molar-refractivity contribution in [2.45, 2.75) is 40.2 Å². The summed E-state index contributed by atoms with van der Waals surface area (Å²) >= 11 is 0. The number of hydrogen-bond donors (Lipinski definition) is 1. The Balaban J connectivity index is 2.37. The minimum Gasteiger partial charge on any atom is -0.353 e. The Hall–Kier alpha value is -1.77. The van der Waals surface area contributed by atoms with E-state index in [2.05, 4.69) is 60.8 Å². The molecule has 3 nitrogen and oxygen atoms in total. The van der Waals surface area contributed by atoms with Crippen molar-refractivity contribution in [3.05, 3.63) is 41.7 Å². The fourth-order valence-corrected chi connectivity index (χ4v) is 2.10. The highest BCUT2D eigenvalue weighted by Crippen LogP contribution is 2.19. The summed E-state index contributed by atoms with van der Waals surface area (Å²) in [6.45, 7) is 8.58. The van der Waals surface area contributed by atoms with Crippen molar-refractivity contribution in [1.82, 2.24) is 9.55 Å². The lowest BCUT2D eigenvalue weighted by atomic mass is 10.1. The zero-order valence-electron chi connectivity index (χ0n) is 11.6. The van der Waals surface area contributed by atoms with Crippen LogP contribution < -0.4 is 5.32 Å². The van der Waals surface area contributed by atoms with Gasteiger partial charge < -0.3 is 5.32 Å². The van der Waals surface area contributed by atoms with E-state index >= 15 is 0 Å². The molecule has 1 aromatic carbocycles. The molecule has 18 heavy (non-hydrogen) atoms. The van der Waals surface area contributed by atoms with E-state index in [0.717, 1.165) is 18.1 Å². The zero-order chi connectivity index (χ0) is 13.1. The summed E-state index contributed by atoms with van der Waals surface area (Å²) in [6.07, 6.45) is 4.89. The average Bonchev–Trinajstić information content (AvgIpc) is 2.76. The fraction of sp³-hybridized carbons (Fsp3) is 0.400. The molecule has 0 aliphatic heterocycles. The van der Waals surface area contributed by atoms with Gasteiger partial charge in [0.05, 0.1) is 0 Å². The molecular weight excluding hydrogens is 222 g/mol. The van der Waals surface area contributed by atoms with Gasteiger partial charge in [-0.15, -0.1) is 0 Å². The minimum absolute atomic E-state index is 0.377. The highest BCUT2D eigenvalue weighted by atomic mass is 15.2. The second-order valence-corrected chi connectivity index (χ2v) is 4.88. The first-order valence-electron chi connectivity index (χ1n) is 6.51. The third-order valence-corrected chi connectivity index (χ3v) is 3.04. The van der Waals surface area contributed by atoms with Gasteiger partial charge in [-0.25, -0.2) is 4.98 Å². The van der Waals surface area contributed by atoms with Crippen molar-refractivity contribution < 1.29 is 0 Å². The summed E-state index contributed by atoms with van der Waals surface area (Å²) in [5, 5.41) is 3.35. The molecule has 0 atom stereocenters. The maximum Gasteiger partial charge on any atom is 0.207 e. The van der Waals surface area contributed by atoms with Crippen LogP contribution in [0.15, 0.2) is 30.6 Å². The Kier molecular flexibility index (Phi) is 3.70. The van der Waals surface area contributed by atoms with Crippen LogP contribution in [-0.2, 0) is 6.42 Å². The Morgan fingerprint density at radius 3 is 2.72 bits per heavy atom. The van der Waals surface area contributed by atoms with Gasteiger partial charge in [0.15, 0.2) is 0 Å². The number of nitrogens with zero attached hydrogens (tertiary/aromatic N) is 2. The number of aromatic nitrogens is 2. The summed E-state index contributed by atoms with van der Waals surface area (Å²) < 4.78 is 2.09. The van der Waals surface area contributed by atoms with Gasteiger partial charge in [0.2, 0.25) is 5.95 Å². The average molecular weight is 243 g/mol. The molecule has 0 bridgehead atoms. The first kappa shape index (κ1) is 12.7. The van der Waals surface area contributed by atoms with Crippen molar-refractivity contribution in [2.24, 2.45) is 0 Å². The SMILES string of the molecule is CCc1ccc(-n2ccnc2NC(C)C)cc1C. The van der Waals surface area contributed by atoms with E-state index in [-0.39, 0.29) is 0 Å². The number of imidazole rings is 1. The molecule has 0 aliphatic carbocycles. The Bertz CT molecular complexity index is 526. The summed E-state index contributed by atoms with van der Waals surface area (Å²) in [6, 6.07) is 6.94. The number of rotatable bonds is 4. The minimum atomic E-state index is 0.377. The van der Waals surface area contributed by atoms with Gasteiger partial charge in [-0.05, 0) is 50.5 Å². The molecule has 3 heteroatoms. The molecule has 0 amide bonds. The maximum absolute atomic E-state index is 4.36. The van der Waals surface area contributed by atoms with E-state index in [0.29, 0.717) is 6.04 Å². The third-order valence-electron chi connectivity index (χ3n) is 3.04. The van der Waals surface area contributed by atoms with Crippen LogP contribution in [0.3, 0.4) is 0 Å². The van der Waals surface area contributed by atoms with Crippen LogP contribution in [0, 0.1) is 6.92 Å². The van der Waals surface area contributed by atoms with E-state index in [9.17, 15) is 0 Å². The Labute approximate surface area is 109 Å². The molecule has 0 spiro atoms. The van der Waals surface area contributed by atoms with Gasteiger partial charge in [-0.1, -0.05) is 13.0 Å². The Morgan fingerprint density at radius 2 is 2.11 bits per heavy atom. The van der Waals surface area contributed by atoms with Crippen molar-refractivity contribution in [3.63, 3.8) is 0 Å². The van der Waals surface area contributed by atoms with E-state index < -0.39 is 0 Å². The monoisotopic (exact) mass is 243 g/mol. The lowest BCUT2D eigenvalue weighted by Gasteiger charge is -2.13. The highest BCUT2D eigenvalue weighted by Gasteiger charge is 2.07. The first-order valence-corrected chi connectivity index (χ1v) is 6.51. The number of nitrogens with one attached hydrogen (secondary N) is 1. The van der Waals surface area contributed by atoms with Crippen LogP contribution in [0.5, 0.6) is 0 Å². The molecule has 1 aromatic heterocycles. The molecular formula is C15H21N3. The van der Waals surface area contributed by atoms with Gasteiger partial charge in [-0.3, -0.25) is 4.57 Å². The van der Waals surface area contributed by atoms with Gasteiger partial charge in [0.25, 0.3) is 0 Å². The maximum atomic E-state index is 4.36. The molecule has 0 unspecified atom stereocenters. The van der Waals surface area contributed by atoms with Crippen molar-refractivity contribution >= 4 is 5.95 Å². The molecule has 1 N–H and O–H groups in total. The van der Waals surface area contributed by atoms with Gasteiger partial charge in [0, 0.05) is 24.1 Å². The highest BCUT2D eigenvalue weighted by molar-refractivity contribution is 5.46. The lowest BCUT2D eigenvalue weighted by molar-refractivity contribution is 0.863. The van der Waals surface area contributed by atoms with Crippen molar-refractivity contribution in [2.75, 3.05) is 5.32 Å². The van der Waals surface area contributed by atoms with Crippen LogP contribution in [0.2, 0.25) is 0 Å². The van der Waals surface area contributed by atoms with Crippen LogP contribution in [0.25, 0.3) is 5.69 Å². The summed E-state index contributed by atoms with van der Waals surface area (Å²) in [7, 11) is 0. The summed E-state index contributed by atoms with van der Waals surface area (Å²) in [4.78, 5) is 4.36. The normalized spacial score (nSPS) is 10.9. The number of anilines is 1.